The maximum absolute atomic E-state index is 12.2. The van der Waals surface area contributed by atoms with Gasteiger partial charge in [-0.15, -0.1) is 0 Å². The maximum atomic E-state index is 12.2. The minimum absolute atomic E-state index is 0.0686. The second-order valence-corrected chi connectivity index (χ2v) is 6.28. The van der Waals surface area contributed by atoms with E-state index < -0.39 is 0 Å². The molecule has 0 spiro atoms. The Morgan fingerprint density at radius 2 is 2.00 bits per heavy atom. The number of carbonyl (C=O) groups excluding carboxylic acids is 1. The first-order chi connectivity index (χ1) is 8.38. The van der Waals surface area contributed by atoms with Crippen molar-refractivity contribution < 1.29 is 4.79 Å². The number of nitrogen functional groups attached to an aromatic ring is 1. The number of nitrogens with two attached hydrogens (primary N) is 1. The average Bonchev–Trinajstić information content (AvgIpc) is 2.74. The third kappa shape index (κ3) is 2.68. The fraction of sp³-hybridized carbons (Fsp3) is 0.643. The zero-order valence-corrected chi connectivity index (χ0v) is 11.5. The van der Waals surface area contributed by atoms with Crippen molar-refractivity contribution >= 4 is 11.6 Å². The lowest BCUT2D eigenvalue weighted by Crippen LogP contribution is -2.41. The van der Waals surface area contributed by atoms with Crippen LogP contribution in [0.15, 0.2) is 12.3 Å². The summed E-state index contributed by atoms with van der Waals surface area (Å²) >= 11 is 0. The molecule has 0 unspecified atom stereocenters. The molecule has 1 aliphatic heterocycles. The molecule has 1 aliphatic rings. The van der Waals surface area contributed by atoms with Gasteiger partial charge in [0.15, 0.2) is 0 Å². The first kappa shape index (κ1) is 13.0. The summed E-state index contributed by atoms with van der Waals surface area (Å²) in [6.45, 7) is 8.53. The molecule has 1 aromatic heterocycles. The normalized spacial score (nSPS) is 18.1. The molecule has 1 aromatic rings. The van der Waals surface area contributed by atoms with Gasteiger partial charge in [0.1, 0.15) is 5.69 Å². The van der Waals surface area contributed by atoms with Gasteiger partial charge in [-0.1, -0.05) is 20.8 Å². The van der Waals surface area contributed by atoms with Crippen molar-refractivity contribution in [3.05, 3.63) is 18.0 Å². The summed E-state index contributed by atoms with van der Waals surface area (Å²) in [5.41, 5.74) is 7.18. The number of aromatic amines is 1. The van der Waals surface area contributed by atoms with Crippen LogP contribution in [0, 0.1) is 11.3 Å². The van der Waals surface area contributed by atoms with Crippen molar-refractivity contribution in [2.45, 2.75) is 33.6 Å². The van der Waals surface area contributed by atoms with E-state index in [-0.39, 0.29) is 5.91 Å². The SMILES string of the molecule is CC(C)(C)C1CCN(C(=O)c2cc(N)c[nH]2)CC1. The van der Waals surface area contributed by atoms with Crippen LogP contribution in [0.25, 0.3) is 0 Å². The lowest BCUT2D eigenvalue weighted by molar-refractivity contribution is 0.0604. The monoisotopic (exact) mass is 249 g/mol. The second-order valence-electron chi connectivity index (χ2n) is 6.28. The number of likely N-dealkylation sites (tertiary alicyclic amines) is 1. The summed E-state index contributed by atoms with van der Waals surface area (Å²) in [6.07, 6.45) is 3.84. The van der Waals surface area contributed by atoms with Gasteiger partial charge in [-0.05, 0) is 30.2 Å². The van der Waals surface area contributed by atoms with Gasteiger partial charge >= 0.3 is 0 Å². The molecule has 18 heavy (non-hydrogen) atoms. The van der Waals surface area contributed by atoms with Crippen molar-refractivity contribution in [2.24, 2.45) is 11.3 Å². The Morgan fingerprint density at radius 1 is 1.39 bits per heavy atom. The summed E-state index contributed by atoms with van der Waals surface area (Å²) in [4.78, 5) is 17.1. The average molecular weight is 249 g/mol. The van der Waals surface area contributed by atoms with Crippen LogP contribution in [0.4, 0.5) is 5.69 Å². The van der Waals surface area contributed by atoms with Crippen LogP contribution in [-0.4, -0.2) is 28.9 Å². The molecule has 4 nitrogen and oxygen atoms in total. The number of rotatable bonds is 1. The predicted octanol–water partition coefficient (Wildman–Crippen LogP) is 2.50. The first-order valence-corrected chi connectivity index (χ1v) is 6.61. The van der Waals surface area contributed by atoms with Crippen LogP contribution >= 0.6 is 0 Å². The highest BCUT2D eigenvalue weighted by Crippen LogP contribution is 2.34. The zero-order valence-electron chi connectivity index (χ0n) is 11.5. The highest BCUT2D eigenvalue weighted by Gasteiger charge is 2.30. The number of H-pyrrole nitrogens is 1. The highest BCUT2D eigenvalue weighted by atomic mass is 16.2. The Balaban J connectivity index is 1.96. The number of nitrogens with one attached hydrogen (secondary N) is 1. The molecule has 0 saturated carbocycles. The highest BCUT2D eigenvalue weighted by molar-refractivity contribution is 5.93. The number of nitrogens with zero attached hydrogens (tertiary/aromatic N) is 1. The number of hydrogen-bond acceptors (Lipinski definition) is 2. The van der Waals surface area contributed by atoms with Gasteiger partial charge < -0.3 is 15.6 Å². The summed E-state index contributed by atoms with van der Waals surface area (Å²) in [7, 11) is 0. The van der Waals surface area contributed by atoms with E-state index in [9.17, 15) is 4.79 Å². The van der Waals surface area contributed by atoms with E-state index in [0.717, 1.165) is 25.9 Å². The second kappa shape index (κ2) is 4.67. The number of piperidine rings is 1. The predicted molar refractivity (Wildman–Crippen MR) is 73.3 cm³/mol. The summed E-state index contributed by atoms with van der Waals surface area (Å²) in [5.74, 6) is 0.773. The molecule has 0 radical (unpaired) electrons. The van der Waals surface area contributed by atoms with Crippen LogP contribution in [-0.2, 0) is 0 Å². The van der Waals surface area contributed by atoms with E-state index in [1.165, 1.54) is 0 Å². The fourth-order valence-corrected chi connectivity index (χ4v) is 2.65. The van der Waals surface area contributed by atoms with E-state index in [1.54, 1.807) is 12.3 Å². The molecule has 4 heteroatoms. The molecular formula is C14H23N3O. The molecule has 0 aromatic carbocycles. The van der Waals surface area contributed by atoms with Gasteiger partial charge in [-0.2, -0.15) is 0 Å². The lowest BCUT2D eigenvalue weighted by atomic mass is 9.75. The molecule has 1 fully saturated rings. The van der Waals surface area contributed by atoms with Crippen molar-refractivity contribution in [3.63, 3.8) is 0 Å². The van der Waals surface area contributed by atoms with Crippen LogP contribution in [0.2, 0.25) is 0 Å². The number of carbonyl (C=O) groups is 1. The molecular weight excluding hydrogens is 226 g/mol. The zero-order chi connectivity index (χ0) is 13.3. The molecule has 1 saturated heterocycles. The first-order valence-electron chi connectivity index (χ1n) is 6.61. The maximum Gasteiger partial charge on any atom is 0.270 e. The van der Waals surface area contributed by atoms with Crippen molar-refractivity contribution in [1.82, 2.24) is 9.88 Å². The molecule has 2 heterocycles. The Morgan fingerprint density at radius 3 is 2.44 bits per heavy atom. The largest absolute Gasteiger partial charge is 0.397 e. The van der Waals surface area contributed by atoms with Gasteiger partial charge in [0, 0.05) is 25.0 Å². The Bertz CT molecular complexity index is 422. The van der Waals surface area contributed by atoms with Gasteiger partial charge in [0.2, 0.25) is 0 Å². The topological polar surface area (TPSA) is 62.1 Å². The van der Waals surface area contributed by atoms with Crippen LogP contribution in [0.3, 0.4) is 0 Å². The molecule has 100 valence electrons. The minimum Gasteiger partial charge on any atom is -0.397 e. The standard InChI is InChI=1S/C14H23N3O/c1-14(2,3)10-4-6-17(7-5-10)13(18)12-8-11(15)9-16-12/h8-10,16H,4-7,15H2,1-3H3. The van der Waals surface area contributed by atoms with Crippen LogP contribution in [0.1, 0.15) is 44.1 Å². The third-order valence-electron chi connectivity index (χ3n) is 3.94. The van der Waals surface area contributed by atoms with Gasteiger partial charge in [-0.3, -0.25) is 4.79 Å². The van der Waals surface area contributed by atoms with E-state index in [2.05, 4.69) is 25.8 Å². The summed E-state index contributed by atoms with van der Waals surface area (Å²) in [5, 5.41) is 0. The Hall–Kier alpha value is -1.45. The molecule has 0 aliphatic carbocycles. The Kier molecular flexibility index (Phi) is 3.37. The molecule has 0 atom stereocenters. The fourth-order valence-electron chi connectivity index (χ4n) is 2.65. The van der Waals surface area contributed by atoms with Gasteiger partial charge in [-0.25, -0.2) is 0 Å². The summed E-state index contributed by atoms with van der Waals surface area (Å²) < 4.78 is 0. The minimum atomic E-state index is 0.0686. The molecule has 1 amide bonds. The summed E-state index contributed by atoms with van der Waals surface area (Å²) in [6, 6.07) is 1.71. The van der Waals surface area contributed by atoms with E-state index in [0.29, 0.717) is 22.7 Å². The van der Waals surface area contributed by atoms with E-state index >= 15 is 0 Å². The number of anilines is 1. The van der Waals surface area contributed by atoms with Crippen molar-refractivity contribution in [1.29, 1.82) is 0 Å². The number of aromatic nitrogens is 1. The quantitative estimate of drug-likeness (QED) is 0.803. The van der Waals surface area contributed by atoms with E-state index in [4.69, 9.17) is 5.73 Å². The molecule has 0 bridgehead atoms. The Labute approximate surface area is 109 Å². The molecule has 3 N–H and O–H groups in total. The van der Waals surface area contributed by atoms with Crippen LogP contribution in [0.5, 0.6) is 0 Å². The van der Waals surface area contributed by atoms with Crippen molar-refractivity contribution in [3.8, 4) is 0 Å². The van der Waals surface area contributed by atoms with Gasteiger partial charge in [0.05, 0.1) is 0 Å². The smallest absolute Gasteiger partial charge is 0.270 e. The number of amides is 1. The van der Waals surface area contributed by atoms with E-state index in [1.807, 2.05) is 4.90 Å². The molecule has 2 rings (SSSR count). The van der Waals surface area contributed by atoms with Gasteiger partial charge in [0.25, 0.3) is 5.91 Å². The number of hydrogen-bond donors (Lipinski definition) is 2. The van der Waals surface area contributed by atoms with Crippen molar-refractivity contribution in [2.75, 3.05) is 18.8 Å². The third-order valence-corrected chi connectivity index (χ3v) is 3.94. The lowest BCUT2D eigenvalue weighted by Gasteiger charge is -2.38. The van der Waals surface area contributed by atoms with Crippen LogP contribution < -0.4 is 5.73 Å².